The van der Waals surface area contributed by atoms with Crippen molar-refractivity contribution in [3.05, 3.63) is 186 Å². The number of fused-ring (bicyclic) bond motifs is 3. The molecule has 2 nitrogen and oxygen atoms in total. The van der Waals surface area contributed by atoms with Crippen molar-refractivity contribution in [2.24, 2.45) is 4.99 Å². The summed E-state index contributed by atoms with van der Waals surface area (Å²) in [7, 11) is 0. The minimum Gasteiger partial charge on any atom is -0.360 e. The lowest BCUT2D eigenvalue weighted by molar-refractivity contribution is 0.663. The first-order chi connectivity index (χ1) is 25.1. The van der Waals surface area contributed by atoms with Gasteiger partial charge in [-0.1, -0.05) is 140 Å². The molecular weight excluding hydrogens is 637 g/mol. The van der Waals surface area contributed by atoms with Gasteiger partial charge in [0.2, 0.25) is 0 Å². The van der Waals surface area contributed by atoms with E-state index in [0.29, 0.717) is 0 Å². The van der Waals surface area contributed by atoms with E-state index in [2.05, 4.69) is 183 Å². The first-order valence-corrected chi connectivity index (χ1v) is 18.3. The molecule has 244 valence electrons. The maximum atomic E-state index is 4.85. The molecule has 0 fully saturated rings. The molecule has 51 heavy (non-hydrogen) atoms. The van der Waals surface area contributed by atoms with E-state index in [1.165, 1.54) is 81.4 Å². The second-order valence-electron chi connectivity index (χ2n) is 13.3. The summed E-state index contributed by atoms with van der Waals surface area (Å²) in [5, 5.41) is 6.39. The third kappa shape index (κ3) is 5.76. The van der Waals surface area contributed by atoms with Crippen LogP contribution in [0.5, 0.6) is 0 Å². The number of rotatable bonds is 6. The molecule has 1 unspecified atom stereocenters. The zero-order chi connectivity index (χ0) is 34.3. The van der Waals surface area contributed by atoms with Crippen LogP contribution in [0.15, 0.2) is 169 Å². The number of benzene rings is 7. The number of nitrogens with zero attached hydrogens (tertiary/aromatic N) is 1. The molecule has 1 aliphatic heterocycles. The Hall–Kier alpha value is -6.03. The molecular formula is C48H36N2S. The van der Waals surface area contributed by atoms with Gasteiger partial charge in [-0.25, -0.2) is 0 Å². The van der Waals surface area contributed by atoms with Gasteiger partial charge in [0.25, 0.3) is 0 Å². The van der Waals surface area contributed by atoms with Crippen LogP contribution < -0.4 is 5.32 Å². The zero-order valence-corrected chi connectivity index (χ0v) is 29.4. The third-order valence-corrected chi connectivity index (χ3v) is 11.4. The molecule has 0 amide bonds. The van der Waals surface area contributed by atoms with E-state index >= 15 is 0 Å². The van der Waals surface area contributed by atoms with Crippen molar-refractivity contribution in [3.63, 3.8) is 0 Å². The molecule has 8 aromatic rings. The standard InChI is InChI=1S/C48H36N2S/c1-31-11-3-4-16-39(31)40-18-9-19-41(32(40)2)48-49-28-27-45(50-48)38-15-8-13-36(30-38)34-25-23-33(24-26-34)35-12-7-14-37(29-35)42-20-10-21-44-43-17-5-6-22-46(43)51-47(42)44/h3-30,48,50H,1-2H3. The Balaban J connectivity index is 0.966. The van der Waals surface area contributed by atoms with E-state index in [9.17, 15) is 0 Å². The molecule has 0 bridgehead atoms. The van der Waals surface area contributed by atoms with Crippen LogP contribution in [-0.2, 0) is 0 Å². The van der Waals surface area contributed by atoms with E-state index < -0.39 is 0 Å². The lowest BCUT2D eigenvalue weighted by atomic mass is 9.92. The van der Waals surface area contributed by atoms with Crippen molar-refractivity contribution in [3.8, 4) is 44.5 Å². The second kappa shape index (κ2) is 13.0. The number of aryl methyl sites for hydroxylation is 1. The third-order valence-electron chi connectivity index (χ3n) is 10.2. The van der Waals surface area contributed by atoms with E-state index in [4.69, 9.17) is 4.99 Å². The van der Waals surface area contributed by atoms with Crippen LogP contribution in [0.1, 0.15) is 28.4 Å². The van der Waals surface area contributed by atoms with E-state index in [0.717, 1.165) is 11.3 Å². The van der Waals surface area contributed by atoms with Crippen molar-refractivity contribution in [1.82, 2.24) is 5.32 Å². The lowest BCUT2D eigenvalue weighted by Gasteiger charge is -2.24. The van der Waals surface area contributed by atoms with Crippen molar-refractivity contribution in [1.29, 1.82) is 0 Å². The fourth-order valence-electron chi connectivity index (χ4n) is 7.45. The average Bonchev–Trinajstić information content (AvgIpc) is 3.58. The van der Waals surface area contributed by atoms with Gasteiger partial charge in [-0.05, 0) is 105 Å². The van der Waals surface area contributed by atoms with Crippen molar-refractivity contribution < 1.29 is 0 Å². The highest BCUT2D eigenvalue weighted by atomic mass is 32.1. The van der Waals surface area contributed by atoms with Gasteiger partial charge in [-0.2, -0.15) is 0 Å². The SMILES string of the molecule is Cc1ccccc1-c1cccc(C2N=CC=C(c3cccc(-c4ccc(-c5cccc(-c6cccc7c6sc6ccccc67)c5)cc4)c3)N2)c1C. The van der Waals surface area contributed by atoms with Gasteiger partial charge in [0, 0.05) is 32.1 Å². The minimum atomic E-state index is -0.154. The Kier molecular flexibility index (Phi) is 7.91. The molecule has 1 atom stereocenters. The number of hydrogen-bond donors (Lipinski definition) is 1. The Labute approximate surface area is 303 Å². The smallest absolute Gasteiger partial charge is 0.144 e. The van der Waals surface area contributed by atoms with Gasteiger partial charge in [0.05, 0.1) is 0 Å². The molecule has 1 N–H and O–H groups in total. The molecule has 0 saturated heterocycles. The van der Waals surface area contributed by atoms with Crippen LogP contribution in [0.3, 0.4) is 0 Å². The topological polar surface area (TPSA) is 24.4 Å². The van der Waals surface area contributed by atoms with Gasteiger partial charge < -0.3 is 5.32 Å². The van der Waals surface area contributed by atoms with E-state index in [1.807, 2.05) is 17.6 Å². The summed E-state index contributed by atoms with van der Waals surface area (Å²) in [6.45, 7) is 4.38. The van der Waals surface area contributed by atoms with Crippen molar-refractivity contribution >= 4 is 43.4 Å². The molecule has 0 aliphatic carbocycles. The summed E-state index contributed by atoms with van der Waals surface area (Å²) >= 11 is 1.88. The summed E-state index contributed by atoms with van der Waals surface area (Å²) in [5.41, 5.74) is 15.8. The molecule has 1 aliphatic rings. The fraction of sp³-hybridized carbons (Fsp3) is 0.0625. The number of thiophene rings is 1. The van der Waals surface area contributed by atoms with Gasteiger partial charge in [0.1, 0.15) is 6.17 Å². The number of hydrogen-bond acceptors (Lipinski definition) is 3. The summed E-state index contributed by atoms with van der Waals surface area (Å²) in [4.78, 5) is 4.85. The van der Waals surface area contributed by atoms with Crippen LogP contribution in [0, 0.1) is 13.8 Å². The van der Waals surface area contributed by atoms with Gasteiger partial charge in [-0.3, -0.25) is 4.99 Å². The monoisotopic (exact) mass is 672 g/mol. The maximum Gasteiger partial charge on any atom is 0.144 e. The summed E-state index contributed by atoms with van der Waals surface area (Å²) in [6.07, 6.45) is 3.86. The Bertz CT molecular complexity index is 2640. The Morgan fingerprint density at radius 3 is 1.92 bits per heavy atom. The molecule has 9 rings (SSSR count). The van der Waals surface area contributed by atoms with Gasteiger partial charge >= 0.3 is 0 Å². The van der Waals surface area contributed by atoms with Gasteiger partial charge in [0.15, 0.2) is 0 Å². The average molecular weight is 673 g/mol. The summed E-state index contributed by atoms with van der Waals surface area (Å²) in [6, 6.07) is 57.2. The normalized spacial score (nSPS) is 14.1. The highest BCUT2D eigenvalue weighted by Gasteiger charge is 2.19. The minimum absolute atomic E-state index is 0.154. The highest BCUT2D eigenvalue weighted by molar-refractivity contribution is 7.26. The Morgan fingerprint density at radius 1 is 0.510 bits per heavy atom. The number of allylic oxidation sites excluding steroid dienone is 1. The first kappa shape index (κ1) is 31.0. The lowest BCUT2D eigenvalue weighted by Crippen LogP contribution is -2.22. The number of aliphatic imine (C=N–C) groups is 1. The molecule has 0 radical (unpaired) electrons. The molecule has 2 heterocycles. The number of nitrogens with one attached hydrogen (secondary N) is 1. The fourth-order valence-corrected chi connectivity index (χ4v) is 8.69. The molecule has 1 aromatic heterocycles. The summed E-state index contributed by atoms with van der Waals surface area (Å²) < 4.78 is 2.68. The molecule has 0 spiro atoms. The summed E-state index contributed by atoms with van der Waals surface area (Å²) in [5.74, 6) is 0. The van der Waals surface area contributed by atoms with Crippen LogP contribution >= 0.6 is 11.3 Å². The quantitative estimate of drug-likeness (QED) is 0.187. The van der Waals surface area contributed by atoms with Crippen LogP contribution in [0.2, 0.25) is 0 Å². The van der Waals surface area contributed by atoms with E-state index in [-0.39, 0.29) is 6.17 Å². The van der Waals surface area contributed by atoms with Crippen molar-refractivity contribution in [2.75, 3.05) is 0 Å². The predicted octanol–water partition coefficient (Wildman–Crippen LogP) is 13.1. The van der Waals surface area contributed by atoms with Crippen molar-refractivity contribution in [2.45, 2.75) is 20.0 Å². The van der Waals surface area contributed by atoms with Gasteiger partial charge in [-0.15, -0.1) is 11.3 Å². The largest absolute Gasteiger partial charge is 0.360 e. The predicted molar refractivity (Wildman–Crippen MR) is 219 cm³/mol. The van der Waals surface area contributed by atoms with Crippen LogP contribution in [0.4, 0.5) is 0 Å². The highest BCUT2D eigenvalue weighted by Crippen LogP contribution is 2.41. The van der Waals surface area contributed by atoms with E-state index in [1.54, 1.807) is 0 Å². The molecule has 3 heteroatoms. The molecule has 0 saturated carbocycles. The van der Waals surface area contributed by atoms with Crippen LogP contribution in [-0.4, -0.2) is 6.21 Å². The van der Waals surface area contributed by atoms with Crippen LogP contribution in [0.25, 0.3) is 70.4 Å². The second-order valence-corrected chi connectivity index (χ2v) is 14.3. The maximum absolute atomic E-state index is 4.85. The molecule has 7 aromatic carbocycles. The first-order valence-electron chi connectivity index (χ1n) is 17.5. The zero-order valence-electron chi connectivity index (χ0n) is 28.6. The Morgan fingerprint density at radius 2 is 1.12 bits per heavy atom.